The van der Waals surface area contributed by atoms with Crippen molar-refractivity contribution in [2.75, 3.05) is 26.3 Å². The van der Waals surface area contributed by atoms with Crippen LogP contribution >= 0.6 is 0 Å². The molecule has 2 N–H and O–H groups in total. The first kappa shape index (κ1) is 14.8. The average Bonchev–Trinajstić information content (AvgIpc) is 3.22. The summed E-state index contributed by atoms with van der Waals surface area (Å²) in [6.45, 7) is 1.99. The number of carbonyl (C=O) groups excluding carboxylic acids is 2. The Morgan fingerprint density at radius 2 is 1.95 bits per heavy atom. The number of aliphatic hydroxyl groups is 1. The molecule has 118 valence electrons. The van der Waals surface area contributed by atoms with Crippen LogP contribution in [-0.2, 0) is 14.3 Å². The van der Waals surface area contributed by atoms with E-state index in [1.807, 2.05) is 0 Å². The zero-order valence-corrected chi connectivity index (χ0v) is 12.3. The van der Waals surface area contributed by atoms with Gasteiger partial charge in [0.05, 0.1) is 5.60 Å². The second-order valence-electron chi connectivity index (χ2n) is 6.52. The van der Waals surface area contributed by atoms with E-state index in [4.69, 9.17) is 4.74 Å². The molecule has 1 unspecified atom stereocenters. The lowest BCUT2D eigenvalue weighted by atomic mass is 9.94. The van der Waals surface area contributed by atoms with Gasteiger partial charge >= 0.3 is 0 Å². The monoisotopic (exact) mass is 296 g/mol. The molecule has 3 aliphatic rings. The Hall–Kier alpha value is -1.14. The molecule has 2 heterocycles. The first-order valence-electron chi connectivity index (χ1n) is 7.97. The Kier molecular flexibility index (Phi) is 4.17. The van der Waals surface area contributed by atoms with Crippen LogP contribution in [0.25, 0.3) is 0 Å². The fourth-order valence-electron chi connectivity index (χ4n) is 3.17. The quantitative estimate of drug-likeness (QED) is 0.768. The molecule has 0 aromatic rings. The van der Waals surface area contributed by atoms with Crippen LogP contribution in [0, 0.1) is 5.92 Å². The smallest absolute Gasteiger partial charge is 0.242 e. The maximum Gasteiger partial charge on any atom is 0.242 e. The summed E-state index contributed by atoms with van der Waals surface area (Å²) in [4.78, 5) is 26.2. The molecule has 1 aliphatic carbocycles. The van der Waals surface area contributed by atoms with Crippen molar-refractivity contribution in [1.82, 2.24) is 10.2 Å². The highest BCUT2D eigenvalue weighted by atomic mass is 16.5. The molecule has 6 heteroatoms. The molecular formula is C15H24N2O4. The molecule has 6 nitrogen and oxygen atoms in total. The Morgan fingerprint density at radius 1 is 1.24 bits per heavy atom. The van der Waals surface area contributed by atoms with Gasteiger partial charge in [0.1, 0.15) is 6.04 Å². The molecule has 0 radical (unpaired) electrons. The number of hydrogen-bond donors (Lipinski definition) is 2. The summed E-state index contributed by atoms with van der Waals surface area (Å²) in [5.41, 5.74) is -0.863. The summed E-state index contributed by atoms with van der Waals surface area (Å²) in [6, 6.07) is -0.346. The van der Waals surface area contributed by atoms with Crippen molar-refractivity contribution in [1.29, 1.82) is 0 Å². The minimum absolute atomic E-state index is 0.124. The average molecular weight is 296 g/mol. The molecule has 0 aromatic carbocycles. The second kappa shape index (κ2) is 5.93. The molecule has 1 saturated carbocycles. The number of carbonyl (C=O) groups is 2. The number of hydrogen-bond acceptors (Lipinski definition) is 4. The largest absolute Gasteiger partial charge is 0.388 e. The standard InChI is InChI=1S/C15H24N2O4/c18-13(16-10-15(20)5-8-21-9-6-15)12-2-1-7-17(12)14(19)11-3-4-11/h11-12,20H,1-10H2,(H,16,18). The molecule has 2 saturated heterocycles. The van der Waals surface area contributed by atoms with Gasteiger partial charge in [0.2, 0.25) is 11.8 Å². The number of likely N-dealkylation sites (tertiary alicyclic amines) is 1. The SMILES string of the molecule is O=C(NCC1(O)CCOCC1)C1CCCN1C(=O)C1CC1. The zero-order valence-electron chi connectivity index (χ0n) is 12.3. The molecule has 0 aromatic heterocycles. The van der Waals surface area contributed by atoms with Crippen LogP contribution in [0.15, 0.2) is 0 Å². The highest BCUT2D eigenvalue weighted by Gasteiger charge is 2.41. The molecule has 21 heavy (non-hydrogen) atoms. The van der Waals surface area contributed by atoms with E-state index < -0.39 is 5.60 Å². The van der Waals surface area contributed by atoms with Crippen LogP contribution in [0.4, 0.5) is 0 Å². The Morgan fingerprint density at radius 3 is 2.62 bits per heavy atom. The topological polar surface area (TPSA) is 78.9 Å². The Bertz CT molecular complexity index is 416. The molecule has 2 aliphatic heterocycles. The third kappa shape index (κ3) is 3.37. The van der Waals surface area contributed by atoms with Gasteiger partial charge in [-0.2, -0.15) is 0 Å². The number of nitrogens with one attached hydrogen (secondary N) is 1. The molecule has 3 rings (SSSR count). The summed E-state index contributed by atoms with van der Waals surface area (Å²) < 4.78 is 5.23. The summed E-state index contributed by atoms with van der Waals surface area (Å²) in [7, 11) is 0. The lowest BCUT2D eigenvalue weighted by molar-refractivity contribution is -0.140. The lowest BCUT2D eigenvalue weighted by Gasteiger charge is -2.33. The van der Waals surface area contributed by atoms with Gasteiger partial charge in [0.15, 0.2) is 0 Å². The summed E-state index contributed by atoms with van der Waals surface area (Å²) >= 11 is 0. The normalized spacial score (nSPS) is 28.4. The van der Waals surface area contributed by atoms with Crippen molar-refractivity contribution < 1.29 is 19.4 Å². The third-order valence-electron chi connectivity index (χ3n) is 4.78. The minimum Gasteiger partial charge on any atom is -0.388 e. The van der Waals surface area contributed by atoms with Crippen LogP contribution in [0.2, 0.25) is 0 Å². The second-order valence-corrected chi connectivity index (χ2v) is 6.52. The van der Waals surface area contributed by atoms with E-state index >= 15 is 0 Å². The van der Waals surface area contributed by atoms with Gasteiger partial charge in [-0.05, 0) is 25.7 Å². The summed E-state index contributed by atoms with van der Waals surface area (Å²) in [6.07, 6.45) is 4.62. The number of nitrogens with zero attached hydrogens (tertiary/aromatic N) is 1. The minimum atomic E-state index is -0.863. The predicted octanol–water partition coefficient (Wildman–Crippen LogP) is 0.0451. The Labute approximate surface area is 124 Å². The van der Waals surface area contributed by atoms with Gasteiger partial charge in [-0.1, -0.05) is 0 Å². The van der Waals surface area contributed by atoms with Crippen molar-refractivity contribution in [3.63, 3.8) is 0 Å². The summed E-state index contributed by atoms with van der Waals surface area (Å²) in [5, 5.41) is 13.2. The molecule has 2 amide bonds. The van der Waals surface area contributed by atoms with E-state index in [2.05, 4.69) is 5.32 Å². The third-order valence-corrected chi connectivity index (χ3v) is 4.78. The summed E-state index contributed by atoms with van der Waals surface area (Å²) in [5.74, 6) is 0.164. The maximum atomic E-state index is 12.3. The molecule has 3 fully saturated rings. The fourth-order valence-corrected chi connectivity index (χ4v) is 3.17. The van der Waals surface area contributed by atoms with Gasteiger partial charge in [0, 0.05) is 45.1 Å². The van der Waals surface area contributed by atoms with E-state index in [1.165, 1.54) is 0 Å². The lowest BCUT2D eigenvalue weighted by Crippen LogP contribution is -2.52. The van der Waals surface area contributed by atoms with Gasteiger partial charge in [-0.25, -0.2) is 0 Å². The molecule has 0 bridgehead atoms. The van der Waals surface area contributed by atoms with Crippen molar-refractivity contribution >= 4 is 11.8 Å². The molecular weight excluding hydrogens is 272 g/mol. The van der Waals surface area contributed by atoms with Crippen LogP contribution < -0.4 is 5.32 Å². The van der Waals surface area contributed by atoms with Crippen LogP contribution in [0.1, 0.15) is 38.5 Å². The highest BCUT2D eigenvalue weighted by molar-refractivity contribution is 5.90. The molecule has 0 spiro atoms. The van der Waals surface area contributed by atoms with Crippen LogP contribution in [0.3, 0.4) is 0 Å². The maximum absolute atomic E-state index is 12.3. The van der Waals surface area contributed by atoms with E-state index in [9.17, 15) is 14.7 Å². The van der Waals surface area contributed by atoms with Gasteiger partial charge < -0.3 is 20.1 Å². The van der Waals surface area contributed by atoms with Gasteiger partial charge in [0.25, 0.3) is 0 Å². The Balaban J connectivity index is 1.53. The van der Waals surface area contributed by atoms with Crippen molar-refractivity contribution in [2.24, 2.45) is 5.92 Å². The van der Waals surface area contributed by atoms with Crippen LogP contribution in [-0.4, -0.2) is 59.8 Å². The number of rotatable bonds is 4. The van der Waals surface area contributed by atoms with E-state index in [0.29, 0.717) is 32.6 Å². The first-order chi connectivity index (χ1) is 10.1. The van der Waals surface area contributed by atoms with Gasteiger partial charge in [-0.3, -0.25) is 9.59 Å². The zero-order chi connectivity index (χ0) is 14.9. The number of ether oxygens (including phenoxy) is 1. The number of amides is 2. The van der Waals surface area contributed by atoms with Crippen LogP contribution in [0.5, 0.6) is 0 Å². The van der Waals surface area contributed by atoms with Crippen molar-refractivity contribution in [3.8, 4) is 0 Å². The molecule has 1 atom stereocenters. The fraction of sp³-hybridized carbons (Fsp3) is 0.867. The first-order valence-corrected chi connectivity index (χ1v) is 7.97. The van der Waals surface area contributed by atoms with E-state index in [0.717, 1.165) is 25.7 Å². The van der Waals surface area contributed by atoms with Crippen molar-refractivity contribution in [2.45, 2.75) is 50.2 Å². The van der Waals surface area contributed by atoms with Gasteiger partial charge in [-0.15, -0.1) is 0 Å². The van der Waals surface area contributed by atoms with Crippen molar-refractivity contribution in [3.05, 3.63) is 0 Å². The predicted molar refractivity (Wildman–Crippen MR) is 75.5 cm³/mol. The van der Waals surface area contributed by atoms with E-state index in [1.54, 1.807) is 4.90 Å². The highest BCUT2D eigenvalue weighted by Crippen LogP contribution is 2.33. The van der Waals surface area contributed by atoms with E-state index in [-0.39, 0.29) is 30.3 Å².